The third-order valence-corrected chi connectivity index (χ3v) is 9.06. The number of hydrogen-bond donors (Lipinski definition) is 2. The largest absolute Gasteiger partial charge is 1.00 e. The molecule has 0 aromatic carbocycles. The summed E-state index contributed by atoms with van der Waals surface area (Å²) in [7, 11) is 0. The molecule has 2 aromatic heterocycles. The first-order valence-corrected chi connectivity index (χ1v) is 12.8. The number of ether oxygens (including phenoxy) is 1. The van der Waals surface area contributed by atoms with Gasteiger partial charge in [-0.3, -0.25) is 4.79 Å². The van der Waals surface area contributed by atoms with E-state index >= 15 is 0 Å². The maximum absolute atomic E-state index is 14.1. The lowest BCUT2D eigenvalue weighted by molar-refractivity contribution is -0.965. The van der Waals surface area contributed by atoms with E-state index in [0.29, 0.717) is 43.2 Å². The fourth-order valence-corrected chi connectivity index (χ4v) is 7.14. The van der Waals surface area contributed by atoms with Crippen LogP contribution in [0.4, 0.5) is 8.78 Å². The third-order valence-electron chi connectivity index (χ3n) is 8.07. The van der Waals surface area contributed by atoms with Crippen molar-refractivity contribution >= 4 is 23.2 Å². The van der Waals surface area contributed by atoms with Crippen LogP contribution < -0.4 is 22.7 Å². The minimum atomic E-state index is -2.93. The summed E-state index contributed by atoms with van der Waals surface area (Å²) in [5, 5.41) is 13.3. The van der Waals surface area contributed by atoms with Crippen molar-refractivity contribution in [2.24, 2.45) is 17.6 Å². The highest BCUT2D eigenvalue weighted by molar-refractivity contribution is 7.10. The molecule has 3 aliphatic heterocycles. The van der Waals surface area contributed by atoms with Gasteiger partial charge in [0.2, 0.25) is 12.0 Å². The Morgan fingerprint density at radius 1 is 1.22 bits per heavy atom. The van der Waals surface area contributed by atoms with Crippen LogP contribution in [0.25, 0.3) is 0 Å². The summed E-state index contributed by atoms with van der Waals surface area (Å²) < 4.78 is 34.4. The van der Waals surface area contributed by atoms with Crippen LogP contribution in [0, 0.1) is 11.8 Å². The number of carbonyl (C=O) groups is 2. The second-order valence-electron chi connectivity index (χ2n) is 10.1. The molecule has 36 heavy (non-hydrogen) atoms. The topological polar surface area (TPSA) is 115 Å². The summed E-state index contributed by atoms with van der Waals surface area (Å²) in [4.78, 5) is 35.0. The van der Waals surface area contributed by atoms with E-state index in [1.54, 1.807) is 36.0 Å². The Hall–Kier alpha value is -2.02. The van der Waals surface area contributed by atoms with Crippen LogP contribution in [0.3, 0.4) is 0 Å². The standard InChI is InChI=1S/C24H28F2N4O4S.BrH/c25-23(26)7-4-16(13-23)24(33,18-3-1-12-35-18)22(32)34-17-14-30(10-5-15(17)6-11-30)19(20(27)31)21-28-8-2-9-29-21;/h1-3,8-9,12,15-17,19,33H,4-7,10-11,13-14H2,(H-,27,31);1H/t15?,16?,17-,19?,24?,30?;/m0./s1. The first-order chi connectivity index (χ1) is 16.6. The van der Waals surface area contributed by atoms with Gasteiger partial charge < -0.3 is 37.0 Å². The molecule has 0 spiro atoms. The zero-order chi connectivity index (χ0) is 24.8. The van der Waals surface area contributed by atoms with Gasteiger partial charge in [0.05, 0.1) is 13.1 Å². The number of fused-ring (bicyclic) bond motifs is 3. The molecule has 2 aromatic rings. The summed E-state index contributed by atoms with van der Waals surface area (Å²) >= 11 is 1.15. The molecule has 6 rings (SSSR count). The number of primary amides is 1. The zero-order valence-electron chi connectivity index (χ0n) is 19.6. The predicted octanol–water partition coefficient (Wildman–Crippen LogP) is -0.456. The van der Waals surface area contributed by atoms with Gasteiger partial charge in [-0.1, -0.05) is 6.07 Å². The van der Waals surface area contributed by atoms with Gasteiger partial charge in [0.15, 0.2) is 17.5 Å². The molecule has 196 valence electrons. The van der Waals surface area contributed by atoms with Crippen LogP contribution in [0.15, 0.2) is 36.0 Å². The van der Waals surface area contributed by atoms with E-state index in [0.717, 1.165) is 11.3 Å². The summed E-state index contributed by atoms with van der Waals surface area (Å²) in [6.45, 7) is 1.65. The Kier molecular flexibility index (Phi) is 7.53. The number of alkyl halides is 2. The van der Waals surface area contributed by atoms with Gasteiger partial charge in [0, 0.05) is 54.8 Å². The minimum absolute atomic E-state index is 0. The number of nitrogens with zero attached hydrogens (tertiary/aromatic N) is 3. The molecule has 2 bridgehead atoms. The highest BCUT2D eigenvalue weighted by Gasteiger charge is 2.58. The fraction of sp³-hybridized carbons (Fsp3) is 0.583. The van der Waals surface area contributed by atoms with Crippen molar-refractivity contribution in [2.75, 3.05) is 19.6 Å². The molecule has 1 saturated carbocycles. The molecular formula is C24H29BrF2N4O4S. The Balaban J connectivity index is 0.00000304. The maximum Gasteiger partial charge on any atom is 0.344 e. The van der Waals surface area contributed by atoms with E-state index in [9.17, 15) is 23.5 Å². The molecule has 4 fully saturated rings. The van der Waals surface area contributed by atoms with Crippen molar-refractivity contribution in [1.29, 1.82) is 0 Å². The van der Waals surface area contributed by atoms with Crippen LogP contribution in [0.2, 0.25) is 0 Å². The lowest BCUT2D eigenvalue weighted by atomic mass is 9.80. The molecule has 4 aliphatic rings. The second-order valence-corrected chi connectivity index (χ2v) is 11.0. The smallest absolute Gasteiger partial charge is 0.344 e. The quantitative estimate of drug-likeness (QED) is 0.335. The lowest BCUT2D eigenvalue weighted by Gasteiger charge is -2.54. The first-order valence-electron chi connectivity index (χ1n) is 11.9. The number of rotatable bonds is 7. The molecule has 1 amide bonds. The number of carbonyl (C=O) groups excluding carboxylic acids is 2. The van der Waals surface area contributed by atoms with Gasteiger partial charge in [-0.25, -0.2) is 23.5 Å². The van der Waals surface area contributed by atoms with E-state index in [-0.39, 0.29) is 40.2 Å². The van der Waals surface area contributed by atoms with Gasteiger partial charge in [-0.2, -0.15) is 0 Å². The molecule has 1 aliphatic carbocycles. The van der Waals surface area contributed by atoms with Crippen LogP contribution >= 0.6 is 11.3 Å². The summed E-state index contributed by atoms with van der Waals surface area (Å²) in [6, 6.07) is 4.13. The number of quaternary nitrogens is 1. The number of esters is 1. The Labute approximate surface area is 222 Å². The Bertz CT molecular complexity index is 1090. The van der Waals surface area contributed by atoms with Gasteiger partial charge in [-0.15, -0.1) is 11.3 Å². The number of nitrogens with two attached hydrogens (primary N) is 1. The summed E-state index contributed by atoms with van der Waals surface area (Å²) in [5.74, 6) is -4.93. The van der Waals surface area contributed by atoms with Gasteiger partial charge >= 0.3 is 5.97 Å². The lowest BCUT2D eigenvalue weighted by Crippen LogP contribution is -3.00. The average Bonchev–Trinajstić information content (AvgIpc) is 3.50. The molecule has 12 heteroatoms. The van der Waals surface area contributed by atoms with E-state index < -0.39 is 47.9 Å². The summed E-state index contributed by atoms with van der Waals surface area (Å²) in [5.41, 5.74) is 3.67. The number of halogens is 3. The number of amides is 1. The first kappa shape index (κ1) is 27.0. The van der Waals surface area contributed by atoms with Crippen LogP contribution in [-0.2, 0) is 19.9 Å². The number of piperidine rings is 3. The summed E-state index contributed by atoms with van der Waals surface area (Å²) in [6.07, 6.45) is 3.03. The molecule has 5 heterocycles. The second kappa shape index (κ2) is 10.0. The van der Waals surface area contributed by atoms with Crippen molar-refractivity contribution < 1.29 is 49.7 Å². The predicted molar refractivity (Wildman–Crippen MR) is 122 cm³/mol. The van der Waals surface area contributed by atoms with E-state index in [2.05, 4.69) is 9.97 Å². The molecule has 3 saturated heterocycles. The third kappa shape index (κ3) is 4.68. The van der Waals surface area contributed by atoms with Crippen LogP contribution in [0.5, 0.6) is 0 Å². The van der Waals surface area contributed by atoms with Crippen molar-refractivity contribution in [1.82, 2.24) is 9.97 Å². The molecule has 3 unspecified atom stereocenters. The Morgan fingerprint density at radius 2 is 1.92 bits per heavy atom. The van der Waals surface area contributed by atoms with Crippen LogP contribution in [0.1, 0.15) is 48.8 Å². The van der Waals surface area contributed by atoms with Crippen molar-refractivity contribution in [3.05, 3.63) is 46.7 Å². The molecule has 8 nitrogen and oxygen atoms in total. The van der Waals surface area contributed by atoms with Crippen LogP contribution in [-0.4, -0.2) is 63.1 Å². The average molecular weight is 587 g/mol. The molecule has 0 radical (unpaired) electrons. The van der Waals surface area contributed by atoms with Crippen molar-refractivity contribution in [3.8, 4) is 0 Å². The molecule has 3 N–H and O–H groups in total. The number of thiophene rings is 1. The van der Waals surface area contributed by atoms with Gasteiger partial charge in [0.1, 0.15) is 6.54 Å². The fourth-order valence-electron chi connectivity index (χ4n) is 6.25. The van der Waals surface area contributed by atoms with E-state index in [1.807, 2.05) is 0 Å². The Morgan fingerprint density at radius 3 is 2.47 bits per heavy atom. The van der Waals surface area contributed by atoms with Gasteiger partial charge in [0.25, 0.3) is 5.91 Å². The highest BCUT2D eigenvalue weighted by Crippen LogP contribution is 2.50. The minimum Gasteiger partial charge on any atom is -1.00 e. The number of aliphatic hydroxyl groups is 1. The van der Waals surface area contributed by atoms with Gasteiger partial charge in [-0.05, 0) is 23.9 Å². The van der Waals surface area contributed by atoms with E-state index in [4.69, 9.17) is 10.5 Å². The number of hydrogen-bond acceptors (Lipinski definition) is 7. The van der Waals surface area contributed by atoms with Crippen molar-refractivity contribution in [3.63, 3.8) is 0 Å². The number of aromatic nitrogens is 2. The normalized spacial score (nSPS) is 31.1. The molecule has 4 atom stereocenters. The SMILES string of the molecule is NC(=O)C(c1ncccn1)[N+]12CCC(CC1)[C@@H](OC(=O)C(O)(c1cccs1)C1CCC(F)(F)C1)C2.[Br-]. The van der Waals surface area contributed by atoms with Crippen molar-refractivity contribution in [2.45, 2.75) is 55.8 Å². The molecular weight excluding hydrogens is 558 g/mol. The monoisotopic (exact) mass is 586 g/mol. The zero-order valence-corrected chi connectivity index (χ0v) is 22.0. The highest BCUT2D eigenvalue weighted by atomic mass is 79.9. The van der Waals surface area contributed by atoms with E-state index in [1.165, 1.54) is 0 Å². The maximum atomic E-state index is 14.1.